The lowest BCUT2D eigenvalue weighted by molar-refractivity contribution is 0.282. The van der Waals surface area contributed by atoms with Crippen molar-refractivity contribution in [1.82, 2.24) is 15.2 Å². The summed E-state index contributed by atoms with van der Waals surface area (Å²) in [4.78, 5) is 14.0. The van der Waals surface area contributed by atoms with Crippen LogP contribution in [0.4, 0.5) is 10.1 Å². The maximum absolute atomic E-state index is 13.2. The van der Waals surface area contributed by atoms with Crippen LogP contribution in [0.1, 0.15) is 52.9 Å². The predicted molar refractivity (Wildman–Crippen MR) is 130 cm³/mol. The highest BCUT2D eigenvalue weighted by Crippen LogP contribution is 2.34. The summed E-state index contributed by atoms with van der Waals surface area (Å²) in [5, 5.41) is 4.85. The van der Waals surface area contributed by atoms with Crippen molar-refractivity contribution in [3.8, 4) is 0 Å². The van der Waals surface area contributed by atoms with Gasteiger partial charge in [-0.25, -0.2) is 14.4 Å². The molecule has 3 heterocycles. The molecule has 3 aromatic rings. The molecule has 4 nitrogen and oxygen atoms in total. The van der Waals surface area contributed by atoms with Crippen LogP contribution in [0.3, 0.4) is 0 Å². The summed E-state index contributed by atoms with van der Waals surface area (Å²) in [5.41, 5.74) is 4.56. The Morgan fingerprint density at radius 3 is 2.78 bits per heavy atom. The van der Waals surface area contributed by atoms with Crippen LogP contribution < -0.4 is 5.32 Å². The molecule has 5 rings (SSSR count). The van der Waals surface area contributed by atoms with E-state index in [4.69, 9.17) is 9.98 Å². The number of benzene rings is 2. The van der Waals surface area contributed by atoms with E-state index >= 15 is 0 Å². The third kappa shape index (κ3) is 4.48. The number of aliphatic imine (C=N–C) groups is 1. The second kappa shape index (κ2) is 9.12. The number of fused-ring (bicyclic) bond motifs is 2. The number of para-hydroxylation sites is 1. The van der Waals surface area contributed by atoms with Crippen molar-refractivity contribution in [2.45, 2.75) is 45.1 Å². The molecule has 2 aliphatic rings. The molecule has 1 N–H and O–H groups in total. The van der Waals surface area contributed by atoms with Gasteiger partial charge in [0.25, 0.3) is 0 Å². The smallest absolute Gasteiger partial charge is 0.156 e. The molecule has 166 valence electrons. The molecule has 2 aromatic carbocycles. The van der Waals surface area contributed by atoms with Gasteiger partial charge in [-0.15, -0.1) is 11.3 Å². The van der Waals surface area contributed by atoms with Crippen molar-refractivity contribution in [3.63, 3.8) is 0 Å². The molecule has 6 heteroatoms. The van der Waals surface area contributed by atoms with Crippen molar-refractivity contribution in [1.29, 1.82) is 0 Å². The fraction of sp³-hybridized carbons (Fsp3) is 0.385. The van der Waals surface area contributed by atoms with E-state index in [9.17, 15) is 4.39 Å². The number of thiazole rings is 1. The number of hydrogen-bond donors (Lipinski definition) is 1. The molecule has 1 aromatic heterocycles. The average molecular weight is 449 g/mol. The highest BCUT2D eigenvalue weighted by Gasteiger charge is 2.29. The zero-order valence-electron chi connectivity index (χ0n) is 18.6. The Bertz CT molecular complexity index is 1120. The van der Waals surface area contributed by atoms with Crippen LogP contribution in [0.2, 0.25) is 0 Å². The van der Waals surface area contributed by atoms with Gasteiger partial charge in [-0.05, 0) is 42.2 Å². The summed E-state index contributed by atoms with van der Waals surface area (Å²) in [7, 11) is 0. The standard InChI is InChI=1S/C26H29FN4S/c1-17(2)26-30-24-23(32-26)15-19-5-3-4-6-22(19)29-25(24)31-14-13-28-21(16-31)12-9-18-7-10-20(27)11-8-18/h3-8,10-11,17,21,28H,9,12-16H2,1-2H3. The lowest BCUT2D eigenvalue weighted by atomic mass is 10.0. The van der Waals surface area contributed by atoms with Crippen molar-refractivity contribution in [3.05, 3.63) is 81.1 Å². The van der Waals surface area contributed by atoms with Gasteiger partial charge in [0.05, 0.1) is 10.7 Å². The van der Waals surface area contributed by atoms with Crippen LogP contribution in [0.25, 0.3) is 0 Å². The fourth-order valence-corrected chi connectivity index (χ4v) is 5.53. The van der Waals surface area contributed by atoms with Gasteiger partial charge in [0.2, 0.25) is 0 Å². The summed E-state index contributed by atoms with van der Waals surface area (Å²) < 4.78 is 13.2. The number of hydrogen-bond acceptors (Lipinski definition) is 5. The van der Waals surface area contributed by atoms with Gasteiger partial charge in [0.15, 0.2) is 5.84 Å². The molecule has 0 saturated carbocycles. The molecule has 0 amide bonds. The quantitative estimate of drug-likeness (QED) is 0.589. The molecule has 0 aliphatic carbocycles. The monoisotopic (exact) mass is 448 g/mol. The Hall–Kier alpha value is -2.57. The molecule has 1 fully saturated rings. The first-order valence-electron chi connectivity index (χ1n) is 11.5. The maximum Gasteiger partial charge on any atom is 0.156 e. The zero-order valence-corrected chi connectivity index (χ0v) is 19.5. The van der Waals surface area contributed by atoms with Crippen LogP contribution in [0.15, 0.2) is 53.5 Å². The van der Waals surface area contributed by atoms with Crippen molar-refractivity contribution in [2.75, 3.05) is 19.6 Å². The van der Waals surface area contributed by atoms with E-state index in [-0.39, 0.29) is 5.82 Å². The Balaban J connectivity index is 1.40. The zero-order chi connectivity index (χ0) is 22.1. The summed E-state index contributed by atoms with van der Waals surface area (Å²) in [6, 6.07) is 15.7. The fourth-order valence-electron chi connectivity index (χ4n) is 4.44. The van der Waals surface area contributed by atoms with E-state index in [2.05, 4.69) is 48.3 Å². The molecule has 1 unspecified atom stereocenters. The van der Waals surface area contributed by atoms with Crippen LogP contribution in [0.5, 0.6) is 0 Å². The molecule has 1 atom stereocenters. The number of nitrogens with one attached hydrogen (secondary N) is 1. The van der Waals surface area contributed by atoms with E-state index in [1.54, 1.807) is 12.1 Å². The first-order valence-corrected chi connectivity index (χ1v) is 12.3. The second-order valence-electron chi connectivity index (χ2n) is 8.98. The SMILES string of the molecule is CC(C)c1nc2c(s1)Cc1ccccc1N=C2N1CCNC(CCc2ccc(F)cc2)C1. The number of halogens is 1. The normalized spacial score (nSPS) is 18.2. The lowest BCUT2D eigenvalue weighted by Crippen LogP contribution is -2.53. The van der Waals surface area contributed by atoms with Crippen molar-refractivity contribution in [2.24, 2.45) is 4.99 Å². The minimum absolute atomic E-state index is 0.179. The molecule has 0 bridgehead atoms. The topological polar surface area (TPSA) is 40.5 Å². The van der Waals surface area contributed by atoms with E-state index < -0.39 is 0 Å². The Labute approximate surface area is 193 Å². The predicted octanol–water partition coefficient (Wildman–Crippen LogP) is 5.29. The van der Waals surface area contributed by atoms with Crippen LogP contribution >= 0.6 is 11.3 Å². The van der Waals surface area contributed by atoms with Crippen LogP contribution in [-0.2, 0) is 12.8 Å². The first-order chi connectivity index (χ1) is 15.6. The van der Waals surface area contributed by atoms with Gasteiger partial charge in [-0.1, -0.05) is 44.2 Å². The van der Waals surface area contributed by atoms with Gasteiger partial charge in [0, 0.05) is 42.9 Å². The Kier molecular flexibility index (Phi) is 6.07. The van der Waals surface area contributed by atoms with E-state index in [1.807, 2.05) is 23.5 Å². The maximum atomic E-state index is 13.2. The summed E-state index contributed by atoms with van der Waals surface area (Å²) in [6.07, 6.45) is 2.83. The number of piperazine rings is 1. The summed E-state index contributed by atoms with van der Waals surface area (Å²) in [5.74, 6) is 1.25. The van der Waals surface area contributed by atoms with E-state index in [1.165, 1.54) is 21.0 Å². The minimum atomic E-state index is -0.179. The molecule has 0 spiro atoms. The number of amidine groups is 1. The van der Waals surface area contributed by atoms with Gasteiger partial charge < -0.3 is 10.2 Å². The largest absolute Gasteiger partial charge is 0.352 e. The molecular formula is C26H29FN4S. The van der Waals surface area contributed by atoms with Crippen LogP contribution in [0, 0.1) is 5.82 Å². The average Bonchev–Trinajstić information content (AvgIpc) is 3.15. The molecular weight excluding hydrogens is 419 g/mol. The highest BCUT2D eigenvalue weighted by atomic mass is 32.1. The minimum Gasteiger partial charge on any atom is -0.352 e. The third-order valence-electron chi connectivity index (χ3n) is 6.24. The van der Waals surface area contributed by atoms with Gasteiger partial charge >= 0.3 is 0 Å². The summed E-state index contributed by atoms with van der Waals surface area (Å²) in [6.45, 7) is 7.15. The number of nitrogens with zero attached hydrogens (tertiary/aromatic N) is 3. The highest BCUT2D eigenvalue weighted by molar-refractivity contribution is 7.12. The van der Waals surface area contributed by atoms with E-state index in [0.29, 0.717) is 12.0 Å². The summed E-state index contributed by atoms with van der Waals surface area (Å²) >= 11 is 1.83. The van der Waals surface area contributed by atoms with Crippen LogP contribution in [-0.4, -0.2) is 41.4 Å². The van der Waals surface area contributed by atoms with Gasteiger partial charge in [-0.3, -0.25) is 0 Å². The second-order valence-corrected chi connectivity index (χ2v) is 10.1. The molecule has 1 saturated heterocycles. The van der Waals surface area contributed by atoms with E-state index in [0.717, 1.165) is 56.1 Å². The Morgan fingerprint density at radius 2 is 1.97 bits per heavy atom. The van der Waals surface area contributed by atoms with Crippen molar-refractivity contribution >= 4 is 22.9 Å². The first kappa shape index (κ1) is 21.3. The molecule has 2 aliphatic heterocycles. The van der Waals surface area contributed by atoms with Crippen molar-refractivity contribution < 1.29 is 4.39 Å². The number of aryl methyl sites for hydroxylation is 1. The number of aromatic nitrogens is 1. The lowest BCUT2D eigenvalue weighted by Gasteiger charge is -2.35. The molecule has 0 radical (unpaired) electrons. The van der Waals surface area contributed by atoms with Gasteiger partial charge in [0.1, 0.15) is 11.5 Å². The number of rotatable bonds is 4. The van der Waals surface area contributed by atoms with Gasteiger partial charge in [-0.2, -0.15) is 0 Å². The third-order valence-corrected chi connectivity index (χ3v) is 7.59. The molecule has 32 heavy (non-hydrogen) atoms. The Morgan fingerprint density at radius 1 is 1.16 bits per heavy atom.